The van der Waals surface area contributed by atoms with Crippen LogP contribution in [0.3, 0.4) is 0 Å². The SMILES string of the molecule is CCSc1cc(C(C)(C)C)cc([N+](=O)[O-])c1OC. The van der Waals surface area contributed by atoms with Crippen LogP contribution in [0.25, 0.3) is 0 Å². The van der Waals surface area contributed by atoms with E-state index < -0.39 is 0 Å². The van der Waals surface area contributed by atoms with Gasteiger partial charge in [-0.1, -0.05) is 27.7 Å². The summed E-state index contributed by atoms with van der Waals surface area (Å²) in [5.74, 6) is 1.21. The predicted molar refractivity (Wildman–Crippen MR) is 74.7 cm³/mol. The number of rotatable bonds is 4. The maximum absolute atomic E-state index is 11.1. The molecule has 0 heterocycles. The lowest BCUT2D eigenvalue weighted by molar-refractivity contribution is -0.386. The number of nitro benzene ring substituents is 1. The fourth-order valence-electron chi connectivity index (χ4n) is 1.62. The molecular weight excluding hydrogens is 250 g/mol. The first-order valence-electron chi connectivity index (χ1n) is 5.81. The van der Waals surface area contributed by atoms with Gasteiger partial charge in [-0.15, -0.1) is 11.8 Å². The Labute approximate surface area is 112 Å². The largest absolute Gasteiger partial charge is 0.489 e. The monoisotopic (exact) mass is 269 g/mol. The highest BCUT2D eigenvalue weighted by Gasteiger charge is 2.25. The van der Waals surface area contributed by atoms with Crippen molar-refractivity contribution in [1.29, 1.82) is 0 Å². The summed E-state index contributed by atoms with van der Waals surface area (Å²) in [5.41, 5.74) is 0.868. The second kappa shape index (κ2) is 5.61. The van der Waals surface area contributed by atoms with Crippen LogP contribution < -0.4 is 4.74 Å². The molecule has 0 aromatic heterocycles. The molecule has 0 aliphatic carbocycles. The van der Waals surface area contributed by atoms with Gasteiger partial charge in [-0.25, -0.2) is 0 Å². The van der Waals surface area contributed by atoms with Crippen molar-refractivity contribution in [1.82, 2.24) is 0 Å². The molecule has 0 aliphatic heterocycles. The summed E-state index contributed by atoms with van der Waals surface area (Å²) in [4.78, 5) is 11.6. The van der Waals surface area contributed by atoms with Crippen LogP contribution in [-0.4, -0.2) is 17.8 Å². The van der Waals surface area contributed by atoms with Gasteiger partial charge in [0.2, 0.25) is 5.75 Å². The standard InChI is InChI=1S/C13H19NO3S/c1-6-18-11-8-9(13(2,3)4)7-10(14(15)16)12(11)17-5/h7-8H,6H2,1-5H3. The first-order chi connectivity index (χ1) is 8.31. The Balaban J connectivity index is 3.48. The minimum atomic E-state index is -0.381. The Morgan fingerprint density at radius 1 is 1.39 bits per heavy atom. The molecule has 0 spiro atoms. The molecular formula is C13H19NO3S. The molecule has 0 saturated carbocycles. The molecule has 0 atom stereocenters. The first kappa shape index (κ1) is 14.8. The molecule has 0 unspecified atom stereocenters. The van der Waals surface area contributed by atoms with E-state index in [1.807, 2.05) is 33.8 Å². The second-order valence-electron chi connectivity index (χ2n) is 4.97. The summed E-state index contributed by atoms with van der Waals surface area (Å²) in [6, 6.07) is 3.60. The van der Waals surface area contributed by atoms with E-state index in [1.165, 1.54) is 7.11 Å². The average molecular weight is 269 g/mol. The van der Waals surface area contributed by atoms with Gasteiger partial charge in [0.05, 0.1) is 16.9 Å². The van der Waals surface area contributed by atoms with E-state index in [0.717, 1.165) is 16.2 Å². The van der Waals surface area contributed by atoms with Crippen LogP contribution >= 0.6 is 11.8 Å². The Morgan fingerprint density at radius 3 is 2.39 bits per heavy atom. The van der Waals surface area contributed by atoms with Crippen LogP contribution in [0.4, 0.5) is 5.69 Å². The normalized spacial score (nSPS) is 11.4. The molecule has 0 amide bonds. The van der Waals surface area contributed by atoms with Gasteiger partial charge in [0.15, 0.2) is 0 Å². The van der Waals surface area contributed by atoms with Crippen LogP contribution in [0.1, 0.15) is 33.3 Å². The fourth-order valence-corrected chi connectivity index (χ4v) is 2.46. The van der Waals surface area contributed by atoms with Gasteiger partial charge >= 0.3 is 5.69 Å². The second-order valence-corrected chi connectivity index (χ2v) is 6.27. The highest BCUT2D eigenvalue weighted by atomic mass is 32.2. The van der Waals surface area contributed by atoms with Crippen molar-refractivity contribution in [3.05, 3.63) is 27.8 Å². The quantitative estimate of drug-likeness (QED) is 0.471. The van der Waals surface area contributed by atoms with Gasteiger partial charge in [0.25, 0.3) is 0 Å². The van der Waals surface area contributed by atoms with E-state index in [4.69, 9.17) is 4.74 Å². The lowest BCUT2D eigenvalue weighted by Crippen LogP contribution is -2.12. The maximum Gasteiger partial charge on any atom is 0.312 e. The molecule has 100 valence electrons. The Morgan fingerprint density at radius 2 is 2.00 bits per heavy atom. The van der Waals surface area contributed by atoms with Gasteiger partial charge in [0, 0.05) is 6.07 Å². The molecule has 5 heteroatoms. The van der Waals surface area contributed by atoms with Crippen LogP contribution in [0.5, 0.6) is 5.75 Å². The third-order valence-electron chi connectivity index (χ3n) is 2.60. The predicted octanol–water partition coefficient (Wildman–Crippen LogP) is 4.01. The zero-order chi connectivity index (χ0) is 13.9. The van der Waals surface area contributed by atoms with E-state index in [0.29, 0.717) is 5.75 Å². The van der Waals surface area contributed by atoms with E-state index in [1.54, 1.807) is 17.8 Å². The van der Waals surface area contributed by atoms with Crippen molar-refractivity contribution in [2.75, 3.05) is 12.9 Å². The van der Waals surface area contributed by atoms with Crippen LogP contribution in [-0.2, 0) is 5.41 Å². The number of nitrogens with zero attached hydrogens (tertiary/aromatic N) is 1. The molecule has 1 rings (SSSR count). The minimum Gasteiger partial charge on any atom is -0.489 e. The number of hydrogen-bond acceptors (Lipinski definition) is 4. The molecule has 1 aromatic carbocycles. The summed E-state index contributed by atoms with van der Waals surface area (Å²) in [5, 5.41) is 11.1. The lowest BCUT2D eigenvalue weighted by Gasteiger charge is -2.20. The summed E-state index contributed by atoms with van der Waals surface area (Å²) < 4.78 is 5.20. The number of benzene rings is 1. The zero-order valence-electron chi connectivity index (χ0n) is 11.4. The van der Waals surface area contributed by atoms with E-state index in [9.17, 15) is 10.1 Å². The minimum absolute atomic E-state index is 0.0425. The van der Waals surface area contributed by atoms with Crippen molar-refractivity contribution in [3.8, 4) is 5.75 Å². The van der Waals surface area contributed by atoms with Crippen LogP contribution in [0.2, 0.25) is 0 Å². The van der Waals surface area contributed by atoms with E-state index in [-0.39, 0.29) is 16.0 Å². The van der Waals surface area contributed by atoms with Crippen molar-refractivity contribution < 1.29 is 9.66 Å². The third-order valence-corrected chi connectivity index (χ3v) is 3.50. The van der Waals surface area contributed by atoms with E-state index >= 15 is 0 Å². The maximum atomic E-state index is 11.1. The molecule has 0 radical (unpaired) electrons. The summed E-state index contributed by atoms with van der Waals surface area (Å²) in [6.07, 6.45) is 0. The number of hydrogen-bond donors (Lipinski definition) is 0. The zero-order valence-corrected chi connectivity index (χ0v) is 12.3. The van der Waals surface area contributed by atoms with Crippen molar-refractivity contribution in [2.45, 2.75) is 38.0 Å². The molecule has 0 fully saturated rings. The van der Waals surface area contributed by atoms with Crippen molar-refractivity contribution in [3.63, 3.8) is 0 Å². The van der Waals surface area contributed by atoms with Gasteiger partial charge < -0.3 is 4.74 Å². The number of nitro groups is 1. The van der Waals surface area contributed by atoms with Crippen LogP contribution in [0, 0.1) is 10.1 Å². The molecule has 0 bridgehead atoms. The highest BCUT2D eigenvalue weighted by molar-refractivity contribution is 7.99. The molecule has 0 N–H and O–H groups in total. The third kappa shape index (κ3) is 3.16. The Hall–Kier alpha value is -1.23. The average Bonchev–Trinajstić information content (AvgIpc) is 2.27. The van der Waals surface area contributed by atoms with Crippen molar-refractivity contribution >= 4 is 17.4 Å². The highest BCUT2D eigenvalue weighted by Crippen LogP contribution is 2.41. The molecule has 18 heavy (non-hydrogen) atoms. The molecule has 0 aliphatic rings. The van der Waals surface area contributed by atoms with Gasteiger partial charge in [0.1, 0.15) is 0 Å². The number of thioether (sulfide) groups is 1. The first-order valence-corrected chi connectivity index (χ1v) is 6.79. The van der Waals surface area contributed by atoms with E-state index in [2.05, 4.69) is 0 Å². The van der Waals surface area contributed by atoms with Crippen molar-refractivity contribution in [2.24, 2.45) is 0 Å². The van der Waals surface area contributed by atoms with Gasteiger partial charge in [-0.3, -0.25) is 10.1 Å². The smallest absolute Gasteiger partial charge is 0.312 e. The lowest BCUT2D eigenvalue weighted by atomic mass is 9.87. The fraction of sp³-hybridized carbons (Fsp3) is 0.538. The summed E-state index contributed by atoms with van der Waals surface area (Å²) >= 11 is 1.56. The van der Waals surface area contributed by atoms with Gasteiger partial charge in [-0.2, -0.15) is 0 Å². The summed E-state index contributed by atoms with van der Waals surface area (Å²) in [7, 11) is 1.47. The molecule has 4 nitrogen and oxygen atoms in total. The Bertz CT molecular complexity index is 452. The molecule has 0 saturated heterocycles. The molecule has 1 aromatic rings. The summed E-state index contributed by atoms with van der Waals surface area (Å²) in [6.45, 7) is 8.14. The topological polar surface area (TPSA) is 52.4 Å². The van der Waals surface area contributed by atoms with Gasteiger partial charge in [-0.05, 0) is 22.8 Å². The van der Waals surface area contributed by atoms with Crippen LogP contribution in [0.15, 0.2) is 17.0 Å². The number of ether oxygens (including phenoxy) is 1. The number of methoxy groups -OCH3 is 1. The Kier molecular flexibility index (Phi) is 4.62.